The molecule has 0 spiro atoms. The van der Waals surface area contributed by atoms with Crippen molar-refractivity contribution in [3.05, 3.63) is 35.9 Å². The highest BCUT2D eigenvalue weighted by Gasteiger charge is 2.49. The molecule has 4 amide bonds. The number of ether oxygens (including phenoxy) is 1. The van der Waals surface area contributed by atoms with E-state index in [4.69, 9.17) is 4.74 Å². The first-order chi connectivity index (χ1) is 12.8. The first-order valence-electron chi connectivity index (χ1n) is 8.97. The Hall–Kier alpha value is -2.90. The van der Waals surface area contributed by atoms with Crippen LogP contribution in [-0.2, 0) is 19.1 Å². The highest BCUT2D eigenvalue weighted by molar-refractivity contribution is 6.08. The Kier molecular flexibility index (Phi) is 6.55. The van der Waals surface area contributed by atoms with Crippen LogP contribution < -0.4 is 10.6 Å². The fraction of sp³-hybridized carbons (Fsp3) is 0.474. The Morgan fingerprint density at radius 2 is 1.81 bits per heavy atom. The zero-order valence-corrected chi connectivity index (χ0v) is 15.8. The molecule has 0 saturated carbocycles. The van der Waals surface area contributed by atoms with Crippen LogP contribution in [0.3, 0.4) is 0 Å². The Labute approximate surface area is 158 Å². The average Bonchev–Trinajstić information content (AvgIpc) is 2.91. The summed E-state index contributed by atoms with van der Waals surface area (Å²) in [7, 11) is 0. The number of nitrogens with zero attached hydrogens (tertiary/aromatic N) is 1. The highest BCUT2D eigenvalue weighted by atomic mass is 16.5. The van der Waals surface area contributed by atoms with Crippen molar-refractivity contribution < 1.29 is 23.9 Å². The molecule has 1 fully saturated rings. The second-order valence-corrected chi connectivity index (χ2v) is 6.47. The van der Waals surface area contributed by atoms with Gasteiger partial charge in [-0.1, -0.05) is 44.2 Å². The molecule has 0 aliphatic carbocycles. The van der Waals surface area contributed by atoms with Gasteiger partial charge in [0.15, 0.2) is 6.61 Å². The molecule has 8 heteroatoms. The smallest absolute Gasteiger partial charge is 0.326 e. The van der Waals surface area contributed by atoms with E-state index in [1.54, 1.807) is 13.8 Å². The zero-order chi connectivity index (χ0) is 20.0. The summed E-state index contributed by atoms with van der Waals surface area (Å²) in [5.41, 5.74) is -0.0492. The molecule has 1 aromatic carbocycles. The van der Waals surface area contributed by atoms with Crippen molar-refractivity contribution in [2.24, 2.45) is 0 Å². The van der Waals surface area contributed by atoms with Gasteiger partial charge in [-0.25, -0.2) is 4.79 Å². The van der Waals surface area contributed by atoms with Crippen LogP contribution in [0.2, 0.25) is 0 Å². The third-order valence-electron chi connectivity index (χ3n) is 4.78. The van der Waals surface area contributed by atoms with Gasteiger partial charge in [0, 0.05) is 0 Å². The number of imide groups is 1. The van der Waals surface area contributed by atoms with Crippen molar-refractivity contribution in [1.29, 1.82) is 0 Å². The Balaban J connectivity index is 1.83. The molecule has 1 aliphatic heterocycles. The minimum absolute atomic E-state index is 0.238. The lowest BCUT2D eigenvalue weighted by molar-refractivity contribution is -0.151. The maximum Gasteiger partial charge on any atom is 0.326 e. The lowest BCUT2D eigenvalue weighted by Gasteiger charge is -2.22. The minimum Gasteiger partial charge on any atom is -0.454 e. The molecule has 2 rings (SSSR count). The standard InChI is InChI=1S/C19H25N3O5/c1-4-19(5-2)17(25)22(18(26)21-19)11-16(24)27-12-15(23)20-13(3)14-9-7-6-8-10-14/h6-10,13H,4-5,11-12H2,1-3H3,(H,20,23)(H,21,26)/t13-/m0/s1. The Bertz CT molecular complexity index is 715. The van der Waals surface area contributed by atoms with Gasteiger partial charge >= 0.3 is 12.0 Å². The van der Waals surface area contributed by atoms with E-state index in [0.717, 1.165) is 10.5 Å². The predicted octanol–water partition coefficient (Wildman–Crippen LogP) is 1.52. The first-order valence-corrected chi connectivity index (χ1v) is 8.97. The van der Waals surface area contributed by atoms with Gasteiger partial charge in [-0.3, -0.25) is 19.3 Å². The molecule has 8 nitrogen and oxygen atoms in total. The summed E-state index contributed by atoms with van der Waals surface area (Å²) < 4.78 is 4.91. The van der Waals surface area contributed by atoms with Crippen molar-refractivity contribution in [2.75, 3.05) is 13.2 Å². The minimum atomic E-state index is -0.972. The number of carbonyl (C=O) groups is 4. The molecule has 2 N–H and O–H groups in total. The van der Waals surface area contributed by atoms with E-state index in [9.17, 15) is 19.2 Å². The van der Waals surface area contributed by atoms with Crippen LogP contribution in [0.15, 0.2) is 30.3 Å². The van der Waals surface area contributed by atoms with Crippen LogP contribution in [-0.4, -0.2) is 47.4 Å². The summed E-state index contributed by atoms with van der Waals surface area (Å²) in [5.74, 6) is -1.73. The summed E-state index contributed by atoms with van der Waals surface area (Å²) in [6, 6.07) is 8.50. The summed E-state index contributed by atoms with van der Waals surface area (Å²) >= 11 is 0. The van der Waals surface area contributed by atoms with Crippen LogP contribution in [0, 0.1) is 0 Å². The lowest BCUT2D eigenvalue weighted by Crippen LogP contribution is -2.46. The predicted molar refractivity (Wildman–Crippen MR) is 97.5 cm³/mol. The molecule has 0 aromatic heterocycles. The molecule has 27 heavy (non-hydrogen) atoms. The number of nitrogens with one attached hydrogen (secondary N) is 2. The molecule has 1 aromatic rings. The van der Waals surface area contributed by atoms with Crippen molar-refractivity contribution in [1.82, 2.24) is 15.5 Å². The lowest BCUT2D eigenvalue weighted by atomic mass is 9.93. The van der Waals surface area contributed by atoms with Gasteiger partial charge in [-0.2, -0.15) is 0 Å². The SMILES string of the molecule is CCC1(CC)NC(=O)N(CC(=O)OCC(=O)N[C@@H](C)c2ccccc2)C1=O. The number of amides is 4. The molecular formula is C19H25N3O5. The van der Waals surface area contributed by atoms with Crippen molar-refractivity contribution in [3.63, 3.8) is 0 Å². The molecular weight excluding hydrogens is 350 g/mol. The van der Waals surface area contributed by atoms with Gasteiger partial charge in [0.05, 0.1) is 6.04 Å². The van der Waals surface area contributed by atoms with Crippen molar-refractivity contribution >= 4 is 23.8 Å². The zero-order valence-electron chi connectivity index (χ0n) is 15.8. The fourth-order valence-corrected chi connectivity index (χ4v) is 2.98. The van der Waals surface area contributed by atoms with Gasteiger partial charge in [0.2, 0.25) is 0 Å². The maximum absolute atomic E-state index is 12.4. The van der Waals surface area contributed by atoms with Crippen molar-refractivity contribution in [2.45, 2.75) is 45.2 Å². The molecule has 1 atom stereocenters. The van der Waals surface area contributed by atoms with Crippen LogP contribution >= 0.6 is 0 Å². The number of esters is 1. The number of benzene rings is 1. The van der Waals surface area contributed by atoms with Crippen LogP contribution in [0.25, 0.3) is 0 Å². The van der Waals surface area contributed by atoms with E-state index < -0.39 is 42.5 Å². The van der Waals surface area contributed by atoms with E-state index >= 15 is 0 Å². The summed E-state index contributed by atoms with van der Waals surface area (Å²) in [4.78, 5) is 49.2. The fourth-order valence-electron chi connectivity index (χ4n) is 2.98. The summed E-state index contributed by atoms with van der Waals surface area (Å²) in [6.45, 7) is 4.40. The Morgan fingerprint density at radius 1 is 1.19 bits per heavy atom. The average molecular weight is 375 g/mol. The largest absolute Gasteiger partial charge is 0.454 e. The second-order valence-electron chi connectivity index (χ2n) is 6.47. The van der Waals surface area contributed by atoms with Crippen LogP contribution in [0.5, 0.6) is 0 Å². The highest BCUT2D eigenvalue weighted by Crippen LogP contribution is 2.24. The molecule has 1 saturated heterocycles. The van der Waals surface area contributed by atoms with Gasteiger partial charge in [-0.15, -0.1) is 0 Å². The molecule has 1 heterocycles. The molecule has 1 aliphatic rings. The monoisotopic (exact) mass is 375 g/mol. The number of carbonyl (C=O) groups excluding carboxylic acids is 4. The number of hydrogen-bond acceptors (Lipinski definition) is 5. The normalized spacial score (nSPS) is 16.6. The van der Waals surface area contributed by atoms with E-state index in [0.29, 0.717) is 12.8 Å². The van der Waals surface area contributed by atoms with E-state index in [2.05, 4.69) is 10.6 Å². The third-order valence-corrected chi connectivity index (χ3v) is 4.78. The number of urea groups is 1. The van der Waals surface area contributed by atoms with Gasteiger partial charge < -0.3 is 15.4 Å². The van der Waals surface area contributed by atoms with E-state index in [1.165, 1.54) is 0 Å². The molecule has 0 bridgehead atoms. The van der Waals surface area contributed by atoms with Crippen LogP contribution in [0.4, 0.5) is 4.79 Å². The van der Waals surface area contributed by atoms with Gasteiger partial charge in [-0.05, 0) is 25.3 Å². The summed E-state index contributed by atoms with van der Waals surface area (Å²) in [5, 5.41) is 5.35. The van der Waals surface area contributed by atoms with Crippen molar-refractivity contribution in [3.8, 4) is 0 Å². The maximum atomic E-state index is 12.4. The number of rotatable bonds is 8. The van der Waals surface area contributed by atoms with Gasteiger partial charge in [0.1, 0.15) is 12.1 Å². The molecule has 0 unspecified atom stereocenters. The second kappa shape index (κ2) is 8.66. The first kappa shape index (κ1) is 20.4. The molecule has 0 radical (unpaired) electrons. The van der Waals surface area contributed by atoms with Gasteiger partial charge in [0.25, 0.3) is 11.8 Å². The van der Waals surface area contributed by atoms with Crippen LogP contribution in [0.1, 0.15) is 45.2 Å². The number of hydrogen-bond donors (Lipinski definition) is 2. The topological polar surface area (TPSA) is 105 Å². The van der Waals surface area contributed by atoms with E-state index in [1.807, 2.05) is 37.3 Å². The van der Waals surface area contributed by atoms with E-state index in [-0.39, 0.29) is 6.04 Å². The quantitative estimate of drug-likeness (QED) is 0.529. The summed E-state index contributed by atoms with van der Waals surface area (Å²) in [6.07, 6.45) is 0.860. The molecule has 146 valence electrons. The third kappa shape index (κ3) is 4.64. The Morgan fingerprint density at radius 3 is 2.37 bits per heavy atom.